The lowest BCUT2D eigenvalue weighted by Gasteiger charge is -2.35. The second kappa shape index (κ2) is 9.27. The van der Waals surface area contributed by atoms with Crippen molar-refractivity contribution in [3.63, 3.8) is 0 Å². The highest BCUT2D eigenvalue weighted by atomic mass is 79.9. The van der Waals surface area contributed by atoms with Crippen molar-refractivity contribution in [3.05, 3.63) is 11.1 Å². The summed E-state index contributed by atoms with van der Waals surface area (Å²) >= 11 is 3.23. The number of nitrogens with zero attached hydrogens (tertiary/aromatic N) is 3. The lowest BCUT2D eigenvalue weighted by atomic mass is 10.2. The molecule has 2 heterocycles. The van der Waals surface area contributed by atoms with Crippen molar-refractivity contribution in [2.45, 2.75) is 25.7 Å². The highest BCUT2D eigenvalue weighted by Gasteiger charge is 2.24. The van der Waals surface area contributed by atoms with E-state index in [4.69, 9.17) is 0 Å². The first-order valence-corrected chi connectivity index (χ1v) is 9.22. The summed E-state index contributed by atoms with van der Waals surface area (Å²) < 4.78 is 0.757. The highest BCUT2D eigenvalue weighted by molar-refractivity contribution is 9.11. The molecule has 2 saturated heterocycles. The molecular formula is C16H27BrN4O2. The van der Waals surface area contributed by atoms with E-state index in [-0.39, 0.29) is 11.9 Å². The molecule has 0 saturated carbocycles. The average molecular weight is 387 g/mol. The Morgan fingerprint density at radius 1 is 0.913 bits per heavy atom. The molecule has 0 atom stereocenters. The van der Waals surface area contributed by atoms with E-state index < -0.39 is 0 Å². The minimum atomic E-state index is -0.0657. The van der Waals surface area contributed by atoms with Crippen molar-refractivity contribution >= 4 is 27.9 Å². The van der Waals surface area contributed by atoms with Gasteiger partial charge in [0.25, 0.3) is 0 Å². The Bertz CT molecular complexity index is 428. The van der Waals surface area contributed by atoms with Gasteiger partial charge in [-0.3, -0.25) is 9.69 Å². The summed E-state index contributed by atoms with van der Waals surface area (Å²) in [6.45, 7) is 9.24. The smallest absolute Gasteiger partial charge is 0.317 e. The number of rotatable bonds is 4. The Kier molecular flexibility index (Phi) is 7.36. The van der Waals surface area contributed by atoms with Crippen LogP contribution in [0.3, 0.4) is 0 Å². The van der Waals surface area contributed by atoms with Crippen LogP contribution in [-0.2, 0) is 4.79 Å². The van der Waals surface area contributed by atoms with Crippen LogP contribution >= 0.6 is 15.9 Å². The van der Waals surface area contributed by atoms with Gasteiger partial charge in [0.1, 0.15) is 0 Å². The summed E-state index contributed by atoms with van der Waals surface area (Å²) in [5, 5.41) is 2.81. The number of likely N-dealkylation sites (tertiary alicyclic amines) is 1. The number of carbonyl (C=O) groups excluding carboxylic acids is 2. The Labute approximate surface area is 147 Å². The molecule has 1 N–H and O–H groups in total. The van der Waals surface area contributed by atoms with Gasteiger partial charge < -0.3 is 15.1 Å². The van der Waals surface area contributed by atoms with Gasteiger partial charge >= 0.3 is 6.03 Å². The first-order chi connectivity index (χ1) is 11.1. The maximum absolute atomic E-state index is 12.4. The zero-order valence-corrected chi connectivity index (χ0v) is 15.3. The number of carbonyl (C=O) groups is 2. The minimum Gasteiger partial charge on any atom is -0.342 e. The van der Waals surface area contributed by atoms with Crippen molar-refractivity contribution in [2.75, 3.05) is 52.4 Å². The van der Waals surface area contributed by atoms with Crippen molar-refractivity contribution in [1.29, 1.82) is 0 Å². The monoisotopic (exact) mass is 386 g/mol. The Morgan fingerprint density at radius 2 is 1.52 bits per heavy atom. The second-order valence-electron chi connectivity index (χ2n) is 6.23. The molecule has 6 nitrogen and oxygen atoms in total. The summed E-state index contributed by atoms with van der Waals surface area (Å²) in [4.78, 5) is 30.3. The second-order valence-corrected chi connectivity index (χ2v) is 7.36. The molecule has 23 heavy (non-hydrogen) atoms. The fourth-order valence-corrected chi connectivity index (χ4v) is 3.14. The van der Waals surface area contributed by atoms with Crippen LogP contribution < -0.4 is 5.32 Å². The fraction of sp³-hybridized carbons (Fsp3) is 0.750. The van der Waals surface area contributed by atoms with Crippen molar-refractivity contribution in [1.82, 2.24) is 20.0 Å². The molecule has 3 amide bonds. The van der Waals surface area contributed by atoms with Gasteiger partial charge in [-0.05, 0) is 12.8 Å². The zero-order valence-electron chi connectivity index (χ0n) is 13.7. The van der Waals surface area contributed by atoms with Gasteiger partial charge in [0.15, 0.2) is 0 Å². The highest BCUT2D eigenvalue weighted by Crippen LogP contribution is 2.11. The molecule has 0 spiro atoms. The molecule has 7 heteroatoms. The van der Waals surface area contributed by atoms with E-state index in [1.54, 1.807) is 4.90 Å². The van der Waals surface area contributed by atoms with Crippen molar-refractivity contribution in [3.8, 4) is 0 Å². The van der Waals surface area contributed by atoms with E-state index in [0.29, 0.717) is 26.2 Å². The SMILES string of the molecule is C=C(Br)CNC(=O)N1CCN(CC(=O)N2CCCCCC2)CC1. The van der Waals surface area contributed by atoms with Gasteiger partial charge in [0.2, 0.25) is 5.91 Å². The van der Waals surface area contributed by atoms with Crippen LogP contribution in [0.4, 0.5) is 4.79 Å². The van der Waals surface area contributed by atoms with Crippen molar-refractivity contribution < 1.29 is 9.59 Å². The molecule has 130 valence electrons. The van der Waals surface area contributed by atoms with Crippen LogP contribution in [0.5, 0.6) is 0 Å². The van der Waals surface area contributed by atoms with Gasteiger partial charge in [0, 0.05) is 43.8 Å². The molecule has 2 fully saturated rings. The number of amides is 3. The average Bonchev–Trinajstić information content (AvgIpc) is 2.82. The molecule has 0 aromatic rings. The number of halogens is 1. The molecule has 2 rings (SSSR count). The first kappa shape index (κ1) is 18.3. The van der Waals surface area contributed by atoms with E-state index >= 15 is 0 Å². The standard InChI is InChI=1S/C16H27BrN4O2/c1-14(17)12-18-16(23)21-10-8-19(9-11-21)13-15(22)20-6-4-2-3-5-7-20/h1-13H2,(H,18,23). The maximum atomic E-state index is 12.4. The van der Waals surface area contributed by atoms with E-state index in [2.05, 4.69) is 32.7 Å². The largest absolute Gasteiger partial charge is 0.342 e. The third-order valence-corrected chi connectivity index (χ3v) is 4.69. The van der Waals surface area contributed by atoms with E-state index in [1.165, 1.54) is 12.8 Å². The minimum absolute atomic E-state index is 0.0657. The number of hydrogen-bond acceptors (Lipinski definition) is 3. The number of piperazine rings is 1. The van der Waals surface area contributed by atoms with Gasteiger partial charge in [-0.2, -0.15) is 0 Å². The molecule has 2 aliphatic rings. The summed E-state index contributed by atoms with van der Waals surface area (Å²) in [5.74, 6) is 0.236. The normalized spacial score (nSPS) is 20.0. The van der Waals surface area contributed by atoms with Gasteiger partial charge in [-0.15, -0.1) is 0 Å². The lowest BCUT2D eigenvalue weighted by Crippen LogP contribution is -2.53. The lowest BCUT2D eigenvalue weighted by molar-refractivity contribution is -0.132. The Hall–Kier alpha value is -1.08. The predicted molar refractivity (Wildman–Crippen MR) is 94.5 cm³/mol. The van der Waals surface area contributed by atoms with Crippen LogP contribution in [0, 0.1) is 0 Å². The topological polar surface area (TPSA) is 55.9 Å². The summed E-state index contributed by atoms with van der Waals surface area (Å²) in [7, 11) is 0. The number of nitrogens with one attached hydrogen (secondary N) is 1. The summed E-state index contributed by atoms with van der Waals surface area (Å²) in [6, 6.07) is -0.0657. The van der Waals surface area contributed by atoms with Crippen LogP contribution in [-0.4, -0.2) is 79.0 Å². The van der Waals surface area contributed by atoms with Crippen LogP contribution in [0.2, 0.25) is 0 Å². The quantitative estimate of drug-likeness (QED) is 0.798. The first-order valence-electron chi connectivity index (χ1n) is 8.42. The third kappa shape index (κ3) is 6.14. The molecule has 0 aromatic carbocycles. The molecule has 2 aliphatic heterocycles. The Balaban J connectivity index is 1.70. The maximum Gasteiger partial charge on any atom is 0.317 e. The third-order valence-electron chi connectivity index (χ3n) is 4.41. The van der Waals surface area contributed by atoms with Crippen LogP contribution in [0.1, 0.15) is 25.7 Å². The van der Waals surface area contributed by atoms with E-state index in [0.717, 1.165) is 43.5 Å². The number of hydrogen-bond donors (Lipinski definition) is 1. The van der Waals surface area contributed by atoms with Gasteiger partial charge in [0.05, 0.1) is 13.1 Å². The molecule has 0 aliphatic carbocycles. The summed E-state index contributed by atoms with van der Waals surface area (Å²) in [6.07, 6.45) is 4.72. The summed E-state index contributed by atoms with van der Waals surface area (Å²) in [5.41, 5.74) is 0. The Morgan fingerprint density at radius 3 is 2.09 bits per heavy atom. The number of urea groups is 1. The van der Waals surface area contributed by atoms with Crippen molar-refractivity contribution in [2.24, 2.45) is 0 Å². The van der Waals surface area contributed by atoms with Gasteiger partial charge in [-0.1, -0.05) is 35.4 Å². The van der Waals surface area contributed by atoms with E-state index in [9.17, 15) is 9.59 Å². The fourth-order valence-electron chi connectivity index (χ4n) is 3.00. The van der Waals surface area contributed by atoms with E-state index in [1.807, 2.05) is 4.90 Å². The molecule has 0 bridgehead atoms. The molecule has 0 unspecified atom stereocenters. The van der Waals surface area contributed by atoms with Gasteiger partial charge in [-0.25, -0.2) is 4.79 Å². The van der Waals surface area contributed by atoms with Crippen LogP contribution in [0.15, 0.2) is 11.1 Å². The molecule has 0 aromatic heterocycles. The molecule has 0 radical (unpaired) electrons. The predicted octanol–water partition coefficient (Wildman–Crippen LogP) is 1.62. The zero-order chi connectivity index (χ0) is 16.7. The van der Waals surface area contributed by atoms with Crippen LogP contribution in [0.25, 0.3) is 0 Å². The molecular weight excluding hydrogens is 360 g/mol.